The SMILES string of the molecule is O=C1C=CC=CCCC=CCCC1. The summed E-state index contributed by atoms with van der Waals surface area (Å²) in [6.07, 6.45) is 16.8. The van der Waals surface area contributed by atoms with E-state index in [1.165, 1.54) is 0 Å². The predicted molar refractivity (Wildman–Crippen MR) is 55.5 cm³/mol. The van der Waals surface area contributed by atoms with Crippen molar-refractivity contribution in [1.29, 1.82) is 0 Å². The molecule has 13 heavy (non-hydrogen) atoms. The molecule has 0 aromatic heterocycles. The molecule has 1 aliphatic carbocycles. The third-order valence-electron chi connectivity index (χ3n) is 1.99. The van der Waals surface area contributed by atoms with Gasteiger partial charge in [0.1, 0.15) is 0 Å². The number of ketones is 1. The van der Waals surface area contributed by atoms with Crippen LogP contribution in [0.3, 0.4) is 0 Å². The summed E-state index contributed by atoms with van der Waals surface area (Å²) in [6.45, 7) is 0. The Bertz CT molecular complexity index is 234. The van der Waals surface area contributed by atoms with Gasteiger partial charge in [-0.15, -0.1) is 0 Å². The summed E-state index contributed by atoms with van der Waals surface area (Å²) >= 11 is 0. The topological polar surface area (TPSA) is 17.1 Å². The molecule has 1 aliphatic rings. The van der Waals surface area contributed by atoms with Gasteiger partial charge in [0.2, 0.25) is 0 Å². The molecule has 70 valence electrons. The van der Waals surface area contributed by atoms with Crippen LogP contribution in [0.25, 0.3) is 0 Å². The lowest BCUT2D eigenvalue weighted by Crippen LogP contribution is -1.91. The summed E-state index contributed by atoms with van der Waals surface area (Å²) in [5.41, 5.74) is 0. The van der Waals surface area contributed by atoms with Crippen molar-refractivity contribution in [3.63, 3.8) is 0 Å². The van der Waals surface area contributed by atoms with E-state index in [9.17, 15) is 4.79 Å². The molecule has 0 unspecified atom stereocenters. The van der Waals surface area contributed by atoms with Gasteiger partial charge in [0.25, 0.3) is 0 Å². The Kier molecular flexibility index (Phi) is 4.92. The van der Waals surface area contributed by atoms with Crippen molar-refractivity contribution < 1.29 is 4.79 Å². The lowest BCUT2D eigenvalue weighted by Gasteiger charge is -1.94. The van der Waals surface area contributed by atoms with Gasteiger partial charge >= 0.3 is 0 Å². The number of carbonyl (C=O) groups is 1. The monoisotopic (exact) mass is 176 g/mol. The van der Waals surface area contributed by atoms with E-state index in [2.05, 4.69) is 18.2 Å². The van der Waals surface area contributed by atoms with Crippen LogP contribution in [0.15, 0.2) is 36.5 Å². The second-order valence-electron chi connectivity index (χ2n) is 3.19. The van der Waals surface area contributed by atoms with E-state index < -0.39 is 0 Å². The van der Waals surface area contributed by atoms with Crippen molar-refractivity contribution in [1.82, 2.24) is 0 Å². The van der Waals surface area contributed by atoms with E-state index in [-0.39, 0.29) is 5.78 Å². The third-order valence-corrected chi connectivity index (χ3v) is 1.99. The van der Waals surface area contributed by atoms with Gasteiger partial charge in [0, 0.05) is 6.42 Å². The molecular weight excluding hydrogens is 160 g/mol. The van der Waals surface area contributed by atoms with Crippen molar-refractivity contribution in [2.45, 2.75) is 32.1 Å². The normalized spacial score (nSPS) is 19.5. The molecule has 0 amide bonds. The largest absolute Gasteiger partial charge is 0.295 e. The van der Waals surface area contributed by atoms with Gasteiger partial charge in [-0.05, 0) is 31.8 Å². The number of hydrogen-bond donors (Lipinski definition) is 0. The lowest BCUT2D eigenvalue weighted by atomic mass is 10.1. The van der Waals surface area contributed by atoms with Gasteiger partial charge in [-0.2, -0.15) is 0 Å². The first kappa shape index (κ1) is 9.97. The molecule has 0 N–H and O–H groups in total. The number of rotatable bonds is 0. The van der Waals surface area contributed by atoms with E-state index in [1.54, 1.807) is 6.08 Å². The molecule has 0 radical (unpaired) electrons. The number of carbonyl (C=O) groups excluding carboxylic acids is 1. The lowest BCUT2D eigenvalue weighted by molar-refractivity contribution is -0.114. The molecule has 1 nitrogen and oxygen atoms in total. The molecule has 1 heteroatoms. The Morgan fingerprint density at radius 2 is 1.69 bits per heavy atom. The molecule has 0 aromatic rings. The fourth-order valence-corrected chi connectivity index (χ4v) is 1.24. The summed E-state index contributed by atoms with van der Waals surface area (Å²) in [4.78, 5) is 11.2. The maximum absolute atomic E-state index is 11.2. The Balaban J connectivity index is 2.46. The minimum absolute atomic E-state index is 0.235. The molecule has 0 saturated carbocycles. The molecular formula is C12H16O. The second kappa shape index (κ2) is 6.41. The van der Waals surface area contributed by atoms with Crippen LogP contribution in [0, 0.1) is 0 Å². The number of allylic oxidation sites excluding steroid dienone is 6. The average molecular weight is 176 g/mol. The van der Waals surface area contributed by atoms with Crippen LogP contribution in [0.4, 0.5) is 0 Å². The minimum Gasteiger partial charge on any atom is -0.295 e. The quantitative estimate of drug-likeness (QED) is 0.518. The highest BCUT2D eigenvalue weighted by atomic mass is 16.1. The average Bonchev–Trinajstić information content (AvgIpc) is 2.11. The second-order valence-corrected chi connectivity index (χ2v) is 3.19. The smallest absolute Gasteiger partial charge is 0.155 e. The van der Waals surface area contributed by atoms with Crippen molar-refractivity contribution >= 4 is 5.78 Å². The van der Waals surface area contributed by atoms with Crippen LogP contribution in [-0.2, 0) is 4.79 Å². The van der Waals surface area contributed by atoms with Crippen molar-refractivity contribution in [2.75, 3.05) is 0 Å². The fraction of sp³-hybridized carbons (Fsp3) is 0.417. The minimum atomic E-state index is 0.235. The highest BCUT2D eigenvalue weighted by Crippen LogP contribution is 2.02. The Hall–Kier alpha value is -1.11. The van der Waals surface area contributed by atoms with Crippen LogP contribution >= 0.6 is 0 Å². The summed E-state index contributed by atoms with van der Waals surface area (Å²) in [5, 5.41) is 0. The first-order valence-corrected chi connectivity index (χ1v) is 4.90. The van der Waals surface area contributed by atoms with Crippen LogP contribution in [0.2, 0.25) is 0 Å². The zero-order valence-corrected chi connectivity index (χ0v) is 7.91. The Morgan fingerprint density at radius 3 is 2.62 bits per heavy atom. The van der Waals surface area contributed by atoms with E-state index in [0.29, 0.717) is 6.42 Å². The molecule has 0 fully saturated rings. The maximum Gasteiger partial charge on any atom is 0.155 e. The molecule has 0 spiro atoms. The van der Waals surface area contributed by atoms with Crippen molar-refractivity contribution in [3.05, 3.63) is 36.5 Å². The first-order valence-electron chi connectivity index (χ1n) is 4.90. The van der Waals surface area contributed by atoms with Gasteiger partial charge in [-0.1, -0.05) is 30.4 Å². The van der Waals surface area contributed by atoms with E-state index in [1.807, 2.05) is 12.2 Å². The van der Waals surface area contributed by atoms with E-state index in [0.717, 1.165) is 25.7 Å². The molecule has 0 aliphatic heterocycles. The fourth-order valence-electron chi connectivity index (χ4n) is 1.24. The summed E-state index contributed by atoms with van der Waals surface area (Å²) in [7, 11) is 0. The van der Waals surface area contributed by atoms with Gasteiger partial charge in [0.15, 0.2) is 5.78 Å². The maximum atomic E-state index is 11.2. The Labute approximate surface area is 79.8 Å². The van der Waals surface area contributed by atoms with E-state index >= 15 is 0 Å². The number of hydrogen-bond acceptors (Lipinski definition) is 1. The first-order chi connectivity index (χ1) is 6.39. The van der Waals surface area contributed by atoms with Crippen LogP contribution < -0.4 is 0 Å². The predicted octanol–water partition coefficient (Wildman–Crippen LogP) is 3.19. The summed E-state index contributed by atoms with van der Waals surface area (Å²) in [6, 6.07) is 0. The zero-order valence-electron chi connectivity index (χ0n) is 7.91. The van der Waals surface area contributed by atoms with Crippen LogP contribution in [0.1, 0.15) is 32.1 Å². The van der Waals surface area contributed by atoms with Gasteiger partial charge < -0.3 is 0 Å². The third kappa shape index (κ3) is 5.18. The van der Waals surface area contributed by atoms with Crippen LogP contribution in [0.5, 0.6) is 0 Å². The van der Waals surface area contributed by atoms with Crippen LogP contribution in [-0.4, -0.2) is 5.78 Å². The molecule has 1 rings (SSSR count). The molecule has 0 heterocycles. The highest BCUT2D eigenvalue weighted by molar-refractivity contribution is 5.89. The Morgan fingerprint density at radius 1 is 0.923 bits per heavy atom. The highest BCUT2D eigenvalue weighted by Gasteiger charge is 1.94. The standard InChI is InChI=1S/C12H16O/c13-12-10-8-6-4-2-1-3-5-7-9-11-12/h2,4-5,7,9,11H,1,3,6,8,10H2. The van der Waals surface area contributed by atoms with E-state index in [4.69, 9.17) is 0 Å². The van der Waals surface area contributed by atoms with Crippen molar-refractivity contribution in [2.24, 2.45) is 0 Å². The van der Waals surface area contributed by atoms with Gasteiger partial charge in [-0.3, -0.25) is 4.79 Å². The van der Waals surface area contributed by atoms with Gasteiger partial charge in [-0.25, -0.2) is 0 Å². The molecule has 0 bridgehead atoms. The molecule has 0 saturated heterocycles. The van der Waals surface area contributed by atoms with Crippen molar-refractivity contribution in [3.8, 4) is 0 Å². The molecule has 0 aromatic carbocycles. The molecule has 0 atom stereocenters. The van der Waals surface area contributed by atoms with Gasteiger partial charge in [0.05, 0.1) is 0 Å². The summed E-state index contributed by atoms with van der Waals surface area (Å²) < 4.78 is 0. The zero-order chi connectivity index (χ0) is 9.36. The summed E-state index contributed by atoms with van der Waals surface area (Å²) in [5.74, 6) is 0.235.